The number of nitrogens with one attached hydrogen (secondary N) is 2. The van der Waals surface area contributed by atoms with E-state index >= 15 is 0 Å². The van der Waals surface area contributed by atoms with Crippen molar-refractivity contribution in [3.05, 3.63) is 53.1 Å². The van der Waals surface area contributed by atoms with E-state index in [0.29, 0.717) is 11.6 Å². The summed E-state index contributed by atoms with van der Waals surface area (Å²) < 4.78 is 54.3. The Hall–Kier alpha value is -2.24. The molecule has 0 aliphatic rings. The second-order valence-corrected chi connectivity index (χ2v) is 4.26. The number of rotatable bonds is 3. The van der Waals surface area contributed by atoms with Crippen LogP contribution in [0.15, 0.2) is 24.3 Å². The predicted octanol–water partition coefficient (Wildman–Crippen LogP) is 4.34. The van der Waals surface area contributed by atoms with E-state index in [1.165, 1.54) is 19.2 Å². The van der Waals surface area contributed by atoms with Gasteiger partial charge in [-0.15, -0.1) is 0 Å². The molecule has 2 nitrogen and oxygen atoms in total. The van der Waals surface area contributed by atoms with Gasteiger partial charge in [-0.05, 0) is 24.6 Å². The summed E-state index contributed by atoms with van der Waals surface area (Å²) in [5, 5.41) is 4.79. The van der Waals surface area contributed by atoms with Gasteiger partial charge in [0.05, 0.1) is 11.4 Å². The van der Waals surface area contributed by atoms with E-state index in [9.17, 15) is 17.6 Å². The summed E-state index contributed by atoms with van der Waals surface area (Å²) in [6, 6.07) is 4.62. The fourth-order valence-electron chi connectivity index (χ4n) is 1.81. The smallest absolute Gasteiger partial charge is 0.184 e. The lowest BCUT2D eigenvalue weighted by Gasteiger charge is -2.15. The van der Waals surface area contributed by atoms with E-state index < -0.39 is 29.0 Å². The molecule has 0 spiro atoms. The molecule has 0 saturated heterocycles. The molecule has 2 aromatic carbocycles. The highest BCUT2D eigenvalue weighted by molar-refractivity contribution is 5.75. The minimum absolute atomic E-state index is 0.0731. The molecule has 0 aliphatic heterocycles. The lowest BCUT2D eigenvalue weighted by Crippen LogP contribution is -2.05. The van der Waals surface area contributed by atoms with Gasteiger partial charge in [0, 0.05) is 13.1 Å². The molecule has 2 aromatic rings. The maximum atomic E-state index is 13.8. The predicted molar refractivity (Wildman–Crippen MR) is 70.3 cm³/mol. The third-order valence-electron chi connectivity index (χ3n) is 2.81. The molecule has 6 heteroatoms. The average molecular weight is 284 g/mol. The Balaban J connectivity index is 2.52. The Morgan fingerprint density at radius 3 is 2.15 bits per heavy atom. The molecule has 0 aliphatic carbocycles. The first kappa shape index (κ1) is 14.2. The molecule has 2 rings (SSSR count). The largest absolute Gasteiger partial charge is 0.384 e. The average Bonchev–Trinajstić information content (AvgIpc) is 2.38. The zero-order valence-corrected chi connectivity index (χ0v) is 10.8. The van der Waals surface area contributed by atoms with Crippen molar-refractivity contribution in [1.82, 2.24) is 0 Å². The zero-order valence-electron chi connectivity index (χ0n) is 10.8. The van der Waals surface area contributed by atoms with Crippen LogP contribution in [0, 0.1) is 30.2 Å². The van der Waals surface area contributed by atoms with E-state index in [0.717, 1.165) is 0 Å². The summed E-state index contributed by atoms with van der Waals surface area (Å²) >= 11 is 0. The molecule has 0 heterocycles. The summed E-state index contributed by atoms with van der Waals surface area (Å²) in [4.78, 5) is 0. The molecular formula is C14H12F4N2. The summed E-state index contributed by atoms with van der Waals surface area (Å²) in [5.74, 6) is -4.25. The van der Waals surface area contributed by atoms with Gasteiger partial charge < -0.3 is 10.6 Å². The summed E-state index contributed by atoms with van der Waals surface area (Å²) in [7, 11) is 1.35. The lowest BCUT2D eigenvalue weighted by molar-refractivity contribution is 0.499. The lowest BCUT2D eigenvalue weighted by atomic mass is 10.2. The van der Waals surface area contributed by atoms with E-state index in [1.54, 1.807) is 13.0 Å². The van der Waals surface area contributed by atoms with Gasteiger partial charge in [0.2, 0.25) is 0 Å². The van der Waals surface area contributed by atoms with Gasteiger partial charge in [-0.1, -0.05) is 6.07 Å². The molecule has 106 valence electrons. The van der Waals surface area contributed by atoms with E-state index in [2.05, 4.69) is 10.6 Å². The van der Waals surface area contributed by atoms with Gasteiger partial charge in [0.15, 0.2) is 17.5 Å². The van der Waals surface area contributed by atoms with Gasteiger partial charge in [-0.2, -0.15) is 0 Å². The van der Waals surface area contributed by atoms with Crippen LogP contribution in [0.1, 0.15) is 5.56 Å². The van der Waals surface area contributed by atoms with Crippen LogP contribution in [-0.2, 0) is 0 Å². The van der Waals surface area contributed by atoms with Crippen molar-refractivity contribution in [3.63, 3.8) is 0 Å². The van der Waals surface area contributed by atoms with Crippen molar-refractivity contribution in [2.75, 3.05) is 17.7 Å². The van der Waals surface area contributed by atoms with Crippen molar-refractivity contribution in [3.8, 4) is 0 Å². The van der Waals surface area contributed by atoms with Gasteiger partial charge in [-0.25, -0.2) is 17.6 Å². The fraction of sp³-hybridized carbons (Fsp3) is 0.143. The van der Waals surface area contributed by atoms with Crippen molar-refractivity contribution in [2.24, 2.45) is 0 Å². The van der Waals surface area contributed by atoms with Crippen LogP contribution < -0.4 is 10.6 Å². The number of benzene rings is 2. The molecule has 0 atom stereocenters. The standard InChI is InChI=1S/C14H12F4N2/c1-7-3-4-11(8(15)5-7)20-14-12(18)9(16)6-10(17)13(14)19-2/h3-6,19-20H,1-2H3. The van der Waals surface area contributed by atoms with Gasteiger partial charge in [-0.3, -0.25) is 0 Å². The number of hydrogen-bond acceptors (Lipinski definition) is 2. The Morgan fingerprint density at radius 1 is 0.850 bits per heavy atom. The van der Waals surface area contributed by atoms with Crippen molar-refractivity contribution in [2.45, 2.75) is 6.92 Å². The quantitative estimate of drug-likeness (QED) is 0.647. The number of aryl methyl sites for hydroxylation is 1. The van der Waals surface area contributed by atoms with Crippen LogP contribution in [0.5, 0.6) is 0 Å². The third-order valence-corrected chi connectivity index (χ3v) is 2.81. The van der Waals surface area contributed by atoms with Crippen molar-refractivity contribution in [1.29, 1.82) is 0 Å². The summed E-state index contributed by atoms with van der Waals surface area (Å²) in [5.41, 5.74) is -0.152. The third kappa shape index (κ3) is 2.54. The van der Waals surface area contributed by atoms with Crippen molar-refractivity contribution >= 4 is 17.1 Å². The maximum absolute atomic E-state index is 13.8. The zero-order chi connectivity index (χ0) is 14.9. The Morgan fingerprint density at radius 2 is 1.55 bits per heavy atom. The molecule has 0 saturated carbocycles. The summed E-state index contributed by atoms with van der Waals surface area (Å²) in [6.07, 6.45) is 0. The van der Waals surface area contributed by atoms with Crippen LogP contribution in [-0.4, -0.2) is 7.05 Å². The Bertz CT molecular complexity index is 656. The number of hydrogen-bond donors (Lipinski definition) is 2. The monoisotopic (exact) mass is 284 g/mol. The second-order valence-electron chi connectivity index (χ2n) is 4.26. The first-order valence-corrected chi connectivity index (χ1v) is 5.82. The van der Waals surface area contributed by atoms with Crippen LogP contribution in [0.25, 0.3) is 0 Å². The molecule has 0 fully saturated rings. The minimum Gasteiger partial charge on any atom is -0.384 e. The maximum Gasteiger partial charge on any atom is 0.184 e. The fourth-order valence-corrected chi connectivity index (χ4v) is 1.81. The molecule has 20 heavy (non-hydrogen) atoms. The van der Waals surface area contributed by atoms with E-state index in [4.69, 9.17) is 0 Å². The van der Waals surface area contributed by atoms with E-state index in [1.807, 2.05) is 0 Å². The van der Waals surface area contributed by atoms with Crippen LogP contribution in [0.2, 0.25) is 0 Å². The van der Waals surface area contributed by atoms with Crippen LogP contribution in [0.3, 0.4) is 0 Å². The highest BCUT2D eigenvalue weighted by atomic mass is 19.2. The SMILES string of the molecule is CNc1c(F)cc(F)c(F)c1Nc1ccc(C)cc1F. The minimum atomic E-state index is -1.35. The Kier molecular flexibility index (Phi) is 3.83. The van der Waals surface area contributed by atoms with Gasteiger partial charge in [0.1, 0.15) is 11.5 Å². The number of halogens is 4. The van der Waals surface area contributed by atoms with Crippen LogP contribution in [0.4, 0.5) is 34.6 Å². The molecule has 2 N–H and O–H groups in total. The number of anilines is 3. The molecule has 0 radical (unpaired) electrons. The highest BCUT2D eigenvalue weighted by Gasteiger charge is 2.19. The van der Waals surface area contributed by atoms with E-state index in [-0.39, 0.29) is 11.4 Å². The second kappa shape index (κ2) is 5.40. The first-order valence-electron chi connectivity index (χ1n) is 5.82. The first-order chi connectivity index (χ1) is 9.43. The van der Waals surface area contributed by atoms with Crippen molar-refractivity contribution < 1.29 is 17.6 Å². The molecule has 0 amide bonds. The summed E-state index contributed by atoms with van der Waals surface area (Å²) in [6.45, 7) is 1.69. The van der Waals surface area contributed by atoms with Gasteiger partial charge >= 0.3 is 0 Å². The molecule has 0 aromatic heterocycles. The molecular weight excluding hydrogens is 272 g/mol. The topological polar surface area (TPSA) is 24.1 Å². The Labute approximate surface area is 113 Å². The normalized spacial score (nSPS) is 10.5. The van der Waals surface area contributed by atoms with Crippen LogP contribution >= 0.6 is 0 Å². The highest BCUT2D eigenvalue weighted by Crippen LogP contribution is 2.33. The molecule has 0 bridgehead atoms. The molecule has 0 unspecified atom stereocenters. The van der Waals surface area contributed by atoms with Gasteiger partial charge in [0.25, 0.3) is 0 Å².